The Balaban J connectivity index is 4.33. The van der Waals surface area contributed by atoms with Crippen molar-refractivity contribution in [1.29, 1.82) is 0 Å². The molecule has 9 nitrogen and oxygen atoms in total. The van der Waals surface area contributed by atoms with Gasteiger partial charge in [-0.15, -0.1) is 0 Å². The summed E-state index contributed by atoms with van der Waals surface area (Å²) in [5.74, 6) is -0.903. The first-order chi connectivity index (χ1) is 39.0. The second-order valence-electron chi connectivity index (χ2n) is 20.6. The Bertz CT molecular complexity index is 2000. The van der Waals surface area contributed by atoms with E-state index in [1.54, 1.807) is 0 Å². The van der Waals surface area contributed by atoms with Gasteiger partial charge in [0, 0.05) is 12.8 Å². The molecule has 0 saturated heterocycles. The molecule has 0 rings (SSSR count). The van der Waals surface area contributed by atoms with Crippen molar-refractivity contribution >= 4 is 19.8 Å². The summed E-state index contributed by atoms with van der Waals surface area (Å²) in [5.41, 5.74) is 0. The molecule has 0 amide bonds. The van der Waals surface area contributed by atoms with Crippen molar-refractivity contribution in [3.8, 4) is 0 Å². The highest BCUT2D eigenvalue weighted by Gasteiger charge is 2.21. The number of phosphoric ester groups is 1. The van der Waals surface area contributed by atoms with E-state index < -0.39 is 32.5 Å². The molecular weight excluding hydrogens is 1010 g/mol. The average molecular weight is 1120 g/mol. The van der Waals surface area contributed by atoms with Crippen LogP contribution in [0.25, 0.3) is 0 Å². The van der Waals surface area contributed by atoms with Crippen LogP contribution in [0.3, 0.4) is 0 Å². The number of hydrogen-bond donors (Lipinski definition) is 0. The Morgan fingerprint density at radius 2 is 0.675 bits per heavy atom. The topological polar surface area (TPSA) is 111 Å². The van der Waals surface area contributed by atoms with Crippen molar-refractivity contribution in [1.82, 2.24) is 0 Å². The van der Waals surface area contributed by atoms with Crippen molar-refractivity contribution < 1.29 is 42.1 Å². The zero-order chi connectivity index (χ0) is 58.4. The number of phosphoric acid groups is 1. The summed E-state index contributed by atoms with van der Waals surface area (Å²) in [7, 11) is 1.10. The molecule has 0 aliphatic heterocycles. The molecule has 0 spiro atoms. The number of rotatable bonds is 53. The highest BCUT2D eigenvalue weighted by atomic mass is 31.2. The fourth-order valence-electron chi connectivity index (χ4n) is 7.30. The minimum Gasteiger partial charge on any atom is -0.756 e. The van der Waals surface area contributed by atoms with Crippen LogP contribution in [0.4, 0.5) is 0 Å². The Morgan fingerprint density at radius 1 is 0.388 bits per heavy atom. The second kappa shape index (κ2) is 58.8. The quantitative estimate of drug-likeness (QED) is 0.0195. The lowest BCUT2D eigenvalue weighted by atomic mass is 10.1. The predicted molar refractivity (Wildman–Crippen MR) is 341 cm³/mol. The van der Waals surface area contributed by atoms with E-state index in [-0.39, 0.29) is 26.1 Å². The molecule has 0 aromatic carbocycles. The molecule has 0 aromatic rings. The minimum atomic E-state index is -4.67. The van der Waals surface area contributed by atoms with E-state index in [1.165, 1.54) is 0 Å². The fraction of sp³-hybridized carbons (Fsp3) is 0.543. The molecule has 0 radical (unpaired) electrons. The van der Waals surface area contributed by atoms with Gasteiger partial charge in [0.15, 0.2) is 6.10 Å². The highest BCUT2D eigenvalue weighted by Crippen LogP contribution is 2.38. The smallest absolute Gasteiger partial charge is 0.306 e. The summed E-state index contributed by atoms with van der Waals surface area (Å²) in [5, 5.41) is 0. The third-order valence-electron chi connectivity index (χ3n) is 11.9. The van der Waals surface area contributed by atoms with Gasteiger partial charge in [0.25, 0.3) is 7.82 Å². The third kappa shape index (κ3) is 62.3. The van der Waals surface area contributed by atoms with Crippen LogP contribution in [0.1, 0.15) is 194 Å². The van der Waals surface area contributed by atoms with Crippen LogP contribution >= 0.6 is 7.82 Å². The molecule has 80 heavy (non-hydrogen) atoms. The molecule has 0 N–H and O–H groups in total. The molecule has 0 bridgehead atoms. The van der Waals surface area contributed by atoms with Crippen LogP contribution in [-0.4, -0.2) is 70.0 Å². The van der Waals surface area contributed by atoms with Crippen LogP contribution in [0, 0.1) is 0 Å². The number of likely N-dealkylation sites (N-methyl/N-ethyl adjacent to an activating group) is 1. The first kappa shape index (κ1) is 75.1. The maximum atomic E-state index is 12.8. The van der Waals surface area contributed by atoms with Crippen molar-refractivity contribution in [3.05, 3.63) is 182 Å². The maximum absolute atomic E-state index is 12.8. The highest BCUT2D eigenvalue weighted by molar-refractivity contribution is 7.45. The summed E-state index contributed by atoms with van der Waals surface area (Å²) in [6.45, 7) is 3.92. The minimum absolute atomic E-state index is 0.0515. The number of carbonyl (C=O) groups excluding carboxylic acids is 2. The largest absolute Gasteiger partial charge is 0.756 e. The molecule has 2 unspecified atom stereocenters. The zero-order valence-corrected chi connectivity index (χ0v) is 51.6. The van der Waals surface area contributed by atoms with Gasteiger partial charge in [-0.25, -0.2) is 0 Å². The van der Waals surface area contributed by atoms with Crippen LogP contribution in [0.15, 0.2) is 182 Å². The number of quaternary nitrogens is 1. The van der Waals surface area contributed by atoms with Crippen LogP contribution in [0.2, 0.25) is 0 Å². The van der Waals surface area contributed by atoms with Crippen molar-refractivity contribution in [2.45, 2.75) is 200 Å². The standard InChI is InChI=1S/C70H110NO8P/c1-6-8-10-12-14-16-18-20-22-24-26-28-30-32-34-35-37-39-41-43-45-47-49-51-53-55-57-59-61-63-70(73)79-68(67-78-80(74,75)77-65-64-71(3,4)5)66-76-69(72)62-60-58-56-54-52-50-48-46-44-42-40-38-36-33-31-29-27-25-23-21-19-17-15-13-11-9-7-2/h8-11,14-17,20-23,26-29,32-34,36-37,39-40,42-43,45-46,48-49,51,68H,6-7,12-13,18-19,24-25,30-31,35,38,41,44,47,50,52-67H2,1-5H3/b10-8-,11-9-,16-14-,17-15-,22-20-,23-21-,28-26-,29-27-,34-32-,36-33-,39-37-,42-40-,45-43-,48-46-,51-49-. The van der Waals surface area contributed by atoms with Crippen molar-refractivity contribution in [3.63, 3.8) is 0 Å². The summed E-state index contributed by atoms with van der Waals surface area (Å²) in [6, 6.07) is 0. The van der Waals surface area contributed by atoms with E-state index in [0.29, 0.717) is 23.9 Å². The number of carbonyl (C=O) groups is 2. The lowest BCUT2D eigenvalue weighted by Crippen LogP contribution is -2.37. The van der Waals surface area contributed by atoms with Gasteiger partial charge in [0.1, 0.15) is 19.8 Å². The van der Waals surface area contributed by atoms with Gasteiger partial charge in [-0.2, -0.15) is 0 Å². The first-order valence-corrected chi connectivity index (χ1v) is 32.0. The Morgan fingerprint density at radius 3 is 1.00 bits per heavy atom. The molecule has 10 heteroatoms. The Hall–Kier alpha value is -4.89. The van der Waals surface area contributed by atoms with Gasteiger partial charge in [-0.05, 0) is 135 Å². The van der Waals surface area contributed by atoms with E-state index in [2.05, 4.69) is 196 Å². The average Bonchev–Trinajstić information content (AvgIpc) is 3.42. The van der Waals surface area contributed by atoms with Gasteiger partial charge in [0.05, 0.1) is 27.7 Å². The van der Waals surface area contributed by atoms with E-state index in [4.69, 9.17) is 18.5 Å². The molecule has 0 aromatic heterocycles. The van der Waals surface area contributed by atoms with Gasteiger partial charge in [0.2, 0.25) is 0 Å². The second-order valence-corrected chi connectivity index (χ2v) is 22.0. The molecule has 0 fully saturated rings. The van der Waals surface area contributed by atoms with E-state index >= 15 is 0 Å². The normalized spacial score (nSPS) is 14.5. The van der Waals surface area contributed by atoms with E-state index in [1.807, 2.05) is 21.1 Å². The third-order valence-corrected chi connectivity index (χ3v) is 12.9. The lowest BCUT2D eigenvalue weighted by molar-refractivity contribution is -0.870. The summed E-state index contributed by atoms with van der Waals surface area (Å²) >= 11 is 0. The number of unbranched alkanes of at least 4 members (excludes halogenated alkanes) is 9. The first-order valence-electron chi connectivity index (χ1n) is 30.5. The molecule has 0 aliphatic carbocycles. The molecule has 0 heterocycles. The molecule has 448 valence electrons. The molecule has 0 aliphatic rings. The van der Waals surface area contributed by atoms with E-state index in [9.17, 15) is 19.0 Å². The van der Waals surface area contributed by atoms with E-state index in [0.717, 1.165) is 154 Å². The van der Waals surface area contributed by atoms with Gasteiger partial charge in [-0.1, -0.05) is 228 Å². The van der Waals surface area contributed by atoms with Gasteiger partial charge < -0.3 is 27.9 Å². The number of esters is 2. The van der Waals surface area contributed by atoms with Crippen LogP contribution in [0.5, 0.6) is 0 Å². The van der Waals surface area contributed by atoms with Crippen molar-refractivity contribution in [2.24, 2.45) is 0 Å². The number of nitrogens with zero attached hydrogens (tertiary/aromatic N) is 1. The van der Waals surface area contributed by atoms with Crippen LogP contribution < -0.4 is 4.89 Å². The predicted octanol–water partition coefficient (Wildman–Crippen LogP) is 19.0. The monoisotopic (exact) mass is 1120 g/mol. The zero-order valence-electron chi connectivity index (χ0n) is 50.7. The summed E-state index contributed by atoms with van der Waals surface area (Å²) in [4.78, 5) is 37.9. The molecule has 2 atom stereocenters. The Labute approximate surface area is 489 Å². The van der Waals surface area contributed by atoms with Crippen LogP contribution in [-0.2, 0) is 32.7 Å². The molecule has 0 saturated carbocycles. The van der Waals surface area contributed by atoms with Crippen molar-refractivity contribution in [2.75, 3.05) is 47.5 Å². The SMILES string of the molecule is CC/C=C\C/C=C\C/C=C\C/C=C\C/C=C\C/C=C\C/C=C\C/C=C\CCCCCCC(=O)OC(COC(=O)CCCCCCC/C=C\C/C=C\C/C=C\C/C=C\C/C=C\C/C=C\C/C=C\CC)COP(=O)([O-])OCC[N+](C)(C)C. The Kier molecular flexibility index (Phi) is 55.2. The maximum Gasteiger partial charge on any atom is 0.306 e. The lowest BCUT2D eigenvalue weighted by Gasteiger charge is -2.28. The van der Waals surface area contributed by atoms with Gasteiger partial charge in [-0.3, -0.25) is 14.2 Å². The van der Waals surface area contributed by atoms with Gasteiger partial charge >= 0.3 is 11.9 Å². The summed E-state index contributed by atoms with van der Waals surface area (Å²) < 4.78 is 34.1. The number of allylic oxidation sites excluding steroid dienone is 30. The fourth-order valence-corrected chi connectivity index (χ4v) is 8.03. The summed E-state index contributed by atoms with van der Waals surface area (Å²) in [6.07, 6.45) is 90.8. The number of ether oxygens (including phenoxy) is 2. The number of hydrogen-bond acceptors (Lipinski definition) is 8. The molecular formula is C70H110NO8P.